The maximum absolute atomic E-state index is 13.0. The minimum Gasteiger partial charge on any atom is -0.443 e. The standard InChI is InChI=1S/C25H29F3N6O5S2/c1-15-11-16(13-17(12-15)31-21-29-8-5-19(32-21)25(26,27)28)18-14-30-20(40-18)24(36)6-9-34(10-7-24)41(37,38)33-22(35)39-23(2,3)4/h5,8,11-14,36H,6-7,9-10H2,1-4H3,(H,33,35)(H,29,31,32). The SMILES string of the molecule is Cc1cc(Nc2nccc(C(F)(F)F)n2)cc(-c2cnc(C3(O)CCN(S(=O)(=O)NC(=O)OC(C)(C)C)CC3)s2)c1. The molecule has 2 aromatic heterocycles. The molecule has 11 nitrogen and oxygen atoms in total. The third-order valence-corrected chi connectivity index (χ3v) is 8.68. The van der Waals surface area contributed by atoms with Crippen LogP contribution in [0.25, 0.3) is 10.4 Å². The summed E-state index contributed by atoms with van der Waals surface area (Å²) in [5.41, 5.74) is -1.36. The van der Waals surface area contributed by atoms with Crippen LogP contribution in [0.5, 0.6) is 0 Å². The van der Waals surface area contributed by atoms with Gasteiger partial charge in [0, 0.05) is 31.2 Å². The van der Waals surface area contributed by atoms with Crippen molar-refractivity contribution in [3.63, 3.8) is 0 Å². The van der Waals surface area contributed by atoms with Gasteiger partial charge in [-0.05, 0) is 69.9 Å². The number of hydrogen-bond donors (Lipinski definition) is 3. The molecule has 1 aliphatic heterocycles. The van der Waals surface area contributed by atoms with E-state index in [1.54, 1.807) is 39.1 Å². The summed E-state index contributed by atoms with van der Waals surface area (Å²) in [6.07, 6.45) is -3.01. The zero-order valence-electron chi connectivity index (χ0n) is 22.6. The number of rotatable bonds is 6. The largest absolute Gasteiger partial charge is 0.443 e. The van der Waals surface area contributed by atoms with Gasteiger partial charge in [-0.1, -0.05) is 6.07 Å². The van der Waals surface area contributed by atoms with E-state index in [0.29, 0.717) is 21.1 Å². The predicted octanol–water partition coefficient (Wildman–Crippen LogP) is 4.72. The number of nitrogens with zero attached hydrogens (tertiary/aromatic N) is 4. The van der Waals surface area contributed by atoms with Gasteiger partial charge in [0.05, 0.1) is 4.88 Å². The van der Waals surface area contributed by atoms with Crippen LogP contribution in [-0.4, -0.2) is 57.6 Å². The lowest BCUT2D eigenvalue weighted by atomic mass is 9.93. The molecule has 0 atom stereocenters. The van der Waals surface area contributed by atoms with E-state index in [4.69, 9.17) is 4.74 Å². The molecule has 1 saturated heterocycles. The number of carbonyl (C=O) groups excluding carboxylic acids is 1. The number of ether oxygens (including phenoxy) is 1. The number of aromatic nitrogens is 3. The van der Waals surface area contributed by atoms with Crippen LogP contribution in [0, 0.1) is 6.92 Å². The van der Waals surface area contributed by atoms with Crippen molar-refractivity contribution in [1.82, 2.24) is 24.0 Å². The number of piperidine rings is 1. The molecule has 0 spiro atoms. The minimum atomic E-state index is -4.61. The molecule has 0 radical (unpaired) electrons. The molecule has 0 unspecified atom stereocenters. The fourth-order valence-corrected chi connectivity index (χ4v) is 6.20. The molecule has 1 aromatic carbocycles. The molecule has 1 fully saturated rings. The van der Waals surface area contributed by atoms with Gasteiger partial charge < -0.3 is 15.2 Å². The maximum Gasteiger partial charge on any atom is 0.433 e. The Morgan fingerprint density at radius 3 is 2.46 bits per heavy atom. The Hall–Kier alpha value is -3.34. The molecular formula is C25H29F3N6O5S2. The monoisotopic (exact) mass is 614 g/mol. The molecule has 1 amide bonds. The highest BCUT2D eigenvalue weighted by atomic mass is 32.2. The van der Waals surface area contributed by atoms with Crippen LogP contribution in [0.4, 0.5) is 29.6 Å². The summed E-state index contributed by atoms with van der Waals surface area (Å²) in [7, 11) is -4.17. The Kier molecular flexibility index (Phi) is 8.33. The Labute approximate surface area is 239 Å². The second-order valence-corrected chi connectivity index (χ2v) is 13.2. The zero-order chi connectivity index (χ0) is 30.2. The van der Waals surface area contributed by atoms with E-state index in [1.807, 2.05) is 17.7 Å². The van der Waals surface area contributed by atoms with Crippen molar-refractivity contribution in [2.24, 2.45) is 0 Å². The zero-order valence-corrected chi connectivity index (χ0v) is 24.2. The fourth-order valence-electron chi connectivity index (χ4n) is 4.11. The second-order valence-electron chi connectivity index (χ2n) is 10.5. The first kappa shape index (κ1) is 30.6. The van der Waals surface area contributed by atoms with E-state index in [0.717, 1.165) is 22.1 Å². The number of thiazole rings is 1. The first-order valence-corrected chi connectivity index (χ1v) is 14.7. The van der Waals surface area contributed by atoms with Crippen LogP contribution >= 0.6 is 11.3 Å². The normalized spacial score (nSPS) is 16.3. The summed E-state index contributed by atoms with van der Waals surface area (Å²) in [6, 6.07) is 6.07. The van der Waals surface area contributed by atoms with E-state index in [9.17, 15) is 31.5 Å². The quantitative estimate of drug-likeness (QED) is 0.359. The lowest BCUT2D eigenvalue weighted by Crippen LogP contribution is -2.51. The van der Waals surface area contributed by atoms with Crippen LogP contribution < -0.4 is 10.0 Å². The van der Waals surface area contributed by atoms with Gasteiger partial charge >= 0.3 is 22.5 Å². The number of alkyl halides is 3. The maximum atomic E-state index is 13.0. The Morgan fingerprint density at radius 1 is 1.15 bits per heavy atom. The molecule has 3 aromatic rings. The summed E-state index contributed by atoms with van der Waals surface area (Å²) in [5, 5.41) is 14.5. The minimum absolute atomic E-state index is 0.0443. The van der Waals surface area contributed by atoms with Crippen LogP contribution in [0.2, 0.25) is 0 Å². The third-order valence-electron chi connectivity index (χ3n) is 5.97. The summed E-state index contributed by atoms with van der Waals surface area (Å²) >= 11 is 1.22. The molecule has 41 heavy (non-hydrogen) atoms. The molecule has 16 heteroatoms. The van der Waals surface area contributed by atoms with Crippen molar-refractivity contribution >= 4 is 39.3 Å². The number of nitrogens with one attached hydrogen (secondary N) is 2. The van der Waals surface area contributed by atoms with Crippen LogP contribution in [0.3, 0.4) is 0 Å². The molecule has 0 bridgehead atoms. The molecular weight excluding hydrogens is 585 g/mol. The van der Waals surface area contributed by atoms with Crippen molar-refractivity contribution in [2.45, 2.75) is 57.9 Å². The summed E-state index contributed by atoms with van der Waals surface area (Å²) in [6.45, 7) is 6.54. The van der Waals surface area contributed by atoms with E-state index >= 15 is 0 Å². The van der Waals surface area contributed by atoms with E-state index < -0.39 is 39.4 Å². The number of aryl methyl sites for hydroxylation is 1. The van der Waals surface area contributed by atoms with Gasteiger partial charge in [-0.2, -0.15) is 25.9 Å². The Balaban J connectivity index is 1.46. The van der Waals surface area contributed by atoms with E-state index in [2.05, 4.69) is 20.3 Å². The van der Waals surface area contributed by atoms with Crippen molar-refractivity contribution < 1.29 is 36.2 Å². The number of benzene rings is 1. The van der Waals surface area contributed by atoms with Gasteiger partial charge in [-0.25, -0.2) is 24.5 Å². The smallest absolute Gasteiger partial charge is 0.433 e. The van der Waals surface area contributed by atoms with Gasteiger partial charge in [0.15, 0.2) is 0 Å². The number of halogens is 3. The van der Waals surface area contributed by atoms with Crippen LogP contribution in [0.1, 0.15) is 49.9 Å². The van der Waals surface area contributed by atoms with E-state index in [-0.39, 0.29) is 31.9 Å². The molecule has 0 aliphatic carbocycles. The van der Waals surface area contributed by atoms with Gasteiger partial charge in [-0.15, -0.1) is 11.3 Å². The molecule has 3 heterocycles. The summed E-state index contributed by atoms with van der Waals surface area (Å²) < 4.78 is 72.3. The van der Waals surface area contributed by atoms with Crippen molar-refractivity contribution in [2.75, 3.05) is 18.4 Å². The predicted molar refractivity (Wildman–Crippen MR) is 146 cm³/mol. The fraction of sp³-hybridized carbons (Fsp3) is 0.440. The van der Waals surface area contributed by atoms with Crippen molar-refractivity contribution in [1.29, 1.82) is 0 Å². The van der Waals surface area contributed by atoms with E-state index in [1.165, 1.54) is 11.3 Å². The molecule has 222 valence electrons. The lowest BCUT2D eigenvalue weighted by Gasteiger charge is -2.36. The van der Waals surface area contributed by atoms with Crippen molar-refractivity contribution in [3.05, 3.63) is 52.9 Å². The number of amides is 1. The molecule has 3 N–H and O–H groups in total. The Bertz CT molecular complexity index is 1530. The number of carbonyl (C=O) groups is 1. The number of aliphatic hydroxyl groups is 1. The highest BCUT2D eigenvalue weighted by Crippen LogP contribution is 2.39. The topological polar surface area (TPSA) is 147 Å². The average Bonchev–Trinajstić information content (AvgIpc) is 3.34. The molecule has 4 rings (SSSR count). The van der Waals surface area contributed by atoms with Crippen molar-refractivity contribution in [3.8, 4) is 10.4 Å². The summed E-state index contributed by atoms with van der Waals surface area (Å²) in [5.74, 6) is -0.210. The van der Waals surface area contributed by atoms with Crippen LogP contribution in [-0.2, 0) is 26.7 Å². The third kappa shape index (κ3) is 7.69. The van der Waals surface area contributed by atoms with Gasteiger partial charge in [0.1, 0.15) is 21.9 Å². The molecule has 1 aliphatic rings. The first-order chi connectivity index (χ1) is 18.9. The average molecular weight is 615 g/mol. The number of hydrogen-bond acceptors (Lipinski definition) is 10. The number of anilines is 2. The van der Waals surface area contributed by atoms with Gasteiger partial charge in [-0.3, -0.25) is 0 Å². The van der Waals surface area contributed by atoms with Gasteiger partial charge in [0.2, 0.25) is 5.95 Å². The highest BCUT2D eigenvalue weighted by Gasteiger charge is 2.40. The molecule has 0 saturated carbocycles. The second kappa shape index (κ2) is 11.2. The summed E-state index contributed by atoms with van der Waals surface area (Å²) in [4.78, 5) is 24.4. The van der Waals surface area contributed by atoms with Gasteiger partial charge in [0.25, 0.3) is 0 Å². The lowest BCUT2D eigenvalue weighted by molar-refractivity contribution is -0.141. The first-order valence-electron chi connectivity index (χ1n) is 12.4. The Morgan fingerprint density at radius 2 is 1.83 bits per heavy atom. The highest BCUT2D eigenvalue weighted by molar-refractivity contribution is 7.87. The van der Waals surface area contributed by atoms with Crippen LogP contribution in [0.15, 0.2) is 36.7 Å².